The van der Waals surface area contributed by atoms with Gasteiger partial charge in [0.15, 0.2) is 0 Å². The monoisotopic (exact) mass is 507 g/mol. The fourth-order valence-corrected chi connectivity index (χ4v) is 8.91. The number of piperidine rings is 2. The van der Waals surface area contributed by atoms with Gasteiger partial charge in [0.25, 0.3) is 0 Å². The van der Waals surface area contributed by atoms with Crippen molar-refractivity contribution in [3.8, 4) is 0 Å². The molecule has 2 amide bonds. The van der Waals surface area contributed by atoms with Crippen LogP contribution in [0.15, 0.2) is 30.3 Å². The molecule has 3 saturated heterocycles. The molecule has 0 aromatic heterocycles. The van der Waals surface area contributed by atoms with Crippen molar-refractivity contribution in [3.63, 3.8) is 0 Å². The maximum Gasteiger partial charge on any atom is 0.324 e. The molecule has 9 unspecified atom stereocenters. The van der Waals surface area contributed by atoms with Crippen LogP contribution in [0, 0.1) is 29.6 Å². The van der Waals surface area contributed by atoms with Crippen LogP contribution in [0.1, 0.15) is 78.1 Å². The van der Waals surface area contributed by atoms with Crippen molar-refractivity contribution < 1.29 is 14.7 Å². The first-order valence-electron chi connectivity index (χ1n) is 15.0. The molecule has 2 saturated carbocycles. The van der Waals surface area contributed by atoms with Crippen molar-refractivity contribution in [2.24, 2.45) is 29.6 Å². The number of carbonyl (C=O) groups excluding carboxylic acids is 1. The van der Waals surface area contributed by atoms with Gasteiger partial charge < -0.3 is 10.0 Å². The van der Waals surface area contributed by atoms with E-state index in [1.54, 1.807) is 4.90 Å². The number of hydrogen-bond acceptors (Lipinski definition) is 3. The van der Waals surface area contributed by atoms with Crippen LogP contribution in [0.25, 0.3) is 0 Å². The standard InChI is InChI=1S/C31H45N3O3/c1-20-8-10-22-14-24(20)16-27(15-22)33-26-11-9-21(2)29(33)18-28(17-26)34(25-6-4-3-5-7-25)31(37)32-13-12-23(19-32)30(35)36/h3-7,20-24,26-29H,8-19H2,1-2H3,(H,35,36). The van der Waals surface area contributed by atoms with Gasteiger partial charge in [0.1, 0.15) is 0 Å². The van der Waals surface area contributed by atoms with E-state index in [0.29, 0.717) is 43.6 Å². The molecule has 1 aromatic carbocycles. The van der Waals surface area contributed by atoms with E-state index in [4.69, 9.17) is 0 Å². The van der Waals surface area contributed by atoms with Crippen molar-refractivity contribution in [3.05, 3.63) is 30.3 Å². The van der Waals surface area contributed by atoms with E-state index in [1.807, 2.05) is 18.2 Å². The summed E-state index contributed by atoms with van der Waals surface area (Å²) < 4.78 is 0. The van der Waals surface area contributed by atoms with Gasteiger partial charge in [-0.1, -0.05) is 44.9 Å². The van der Waals surface area contributed by atoms with E-state index in [2.05, 4.69) is 35.8 Å². The number of carboxylic acid groups (broad SMARTS) is 1. The lowest BCUT2D eigenvalue weighted by atomic mass is 9.64. The first kappa shape index (κ1) is 25.2. The van der Waals surface area contributed by atoms with Gasteiger partial charge in [-0.2, -0.15) is 0 Å². The van der Waals surface area contributed by atoms with Crippen molar-refractivity contribution in [1.82, 2.24) is 9.80 Å². The summed E-state index contributed by atoms with van der Waals surface area (Å²) in [5.74, 6) is 2.09. The zero-order valence-electron chi connectivity index (χ0n) is 22.7. The van der Waals surface area contributed by atoms with Gasteiger partial charge in [-0.05, 0) is 87.2 Å². The van der Waals surface area contributed by atoms with E-state index in [-0.39, 0.29) is 12.1 Å². The lowest BCUT2D eigenvalue weighted by Crippen LogP contribution is -2.64. The van der Waals surface area contributed by atoms with Crippen LogP contribution in [0.4, 0.5) is 10.5 Å². The number of amides is 2. The van der Waals surface area contributed by atoms with Crippen molar-refractivity contribution in [2.45, 2.75) is 102 Å². The van der Waals surface area contributed by atoms with Gasteiger partial charge >= 0.3 is 12.0 Å². The number of para-hydroxylation sites is 1. The summed E-state index contributed by atoms with van der Waals surface area (Å²) in [6, 6.07) is 12.1. The lowest BCUT2D eigenvalue weighted by molar-refractivity contribution is -0.141. The maximum absolute atomic E-state index is 14.0. The van der Waals surface area contributed by atoms with Gasteiger partial charge in [-0.25, -0.2) is 4.79 Å². The molecule has 6 rings (SSSR count). The van der Waals surface area contributed by atoms with Crippen LogP contribution < -0.4 is 4.90 Å². The number of likely N-dealkylation sites (tertiary alicyclic amines) is 1. The Hall–Kier alpha value is -2.08. The van der Waals surface area contributed by atoms with Crippen LogP contribution in [0.3, 0.4) is 0 Å². The van der Waals surface area contributed by atoms with E-state index in [1.165, 1.54) is 44.9 Å². The number of aliphatic carboxylic acids is 1. The van der Waals surface area contributed by atoms with Crippen LogP contribution in [0.2, 0.25) is 0 Å². The molecule has 6 nitrogen and oxygen atoms in total. The second-order valence-corrected chi connectivity index (χ2v) is 13.1. The number of anilines is 1. The molecule has 5 fully saturated rings. The number of carbonyl (C=O) groups is 2. The summed E-state index contributed by atoms with van der Waals surface area (Å²) in [7, 11) is 0. The molecule has 9 atom stereocenters. The molecule has 4 bridgehead atoms. The minimum absolute atomic E-state index is 0.000139. The summed E-state index contributed by atoms with van der Waals surface area (Å²) in [5, 5.41) is 9.53. The molecular weight excluding hydrogens is 462 g/mol. The highest BCUT2D eigenvalue weighted by molar-refractivity contribution is 5.93. The van der Waals surface area contributed by atoms with Crippen LogP contribution in [-0.4, -0.2) is 64.2 Å². The fraction of sp³-hybridized carbons (Fsp3) is 0.742. The topological polar surface area (TPSA) is 64.1 Å². The van der Waals surface area contributed by atoms with Gasteiger partial charge in [0, 0.05) is 42.9 Å². The Morgan fingerprint density at radius 3 is 2.41 bits per heavy atom. The summed E-state index contributed by atoms with van der Waals surface area (Å²) in [4.78, 5) is 32.4. The number of urea groups is 1. The molecule has 2 aliphatic carbocycles. The molecule has 0 radical (unpaired) electrons. The SMILES string of the molecule is CC1CCC2CC1CC(N1C3CCC(C)C1CC(N(C(=O)N1CCC(C(=O)O)C1)c1ccccc1)C3)C2. The number of fused-ring (bicyclic) bond motifs is 4. The lowest BCUT2D eigenvalue weighted by Gasteiger charge is -2.58. The second-order valence-electron chi connectivity index (χ2n) is 13.1. The first-order valence-corrected chi connectivity index (χ1v) is 15.0. The Kier molecular flexibility index (Phi) is 6.98. The molecule has 6 heteroatoms. The quantitative estimate of drug-likeness (QED) is 0.554. The third kappa shape index (κ3) is 4.79. The number of nitrogens with zero attached hydrogens (tertiary/aromatic N) is 3. The molecule has 0 spiro atoms. The van der Waals surface area contributed by atoms with E-state index >= 15 is 0 Å². The summed E-state index contributed by atoms with van der Waals surface area (Å²) in [5.41, 5.74) is 0.955. The summed E-state index contributed by atoms with van der Waals surface area (Å²) >= 11 is 0. The predicted octanol–water partition coefficient (Wildman–Crippen LogP) is 5.87. The van der Waals surface area contributed by atoms with E-state index < -0.39 is 11.9 Å². The highest BCUT2D eigenvalue weighted by Crippen LogP contribution is 2.49. The molecule has 202 valence electrons. The van der Waals surface area contributed by atoms with E-state index in [9.17, 15) is 14.7 Å². The Labute approximate surface area is 222 Å². The van der Waals surface area contributed by atoms with Crippen LogP contribution in [-0.2, 0) is 4.79 Å². The van der Waals surface area contributed by atoms with Gasteiger partial charge in [-0.15, -0.1) is 0 Å². The average Bonchev–Trinajstić information content (AvgIpc) is 3.40. The zero-order valence-corrected chi connectivity index (χ0v) is 22.7. The van der Waals surface area contributed by atoms with Gasteiger partial charge in [0.05, 0.1) is 5.92 Å². The normalized spacial score (nSPS) is 39.8. The molecule has 3 aliphatic heterocycles. The largest absolute Gasteiger partial charge is 0.481 e. The molecule has 1 N–H and O–H groups in total. The maximum atomic E-state index is 14.0. The van der Waals surface area contributed by atoms with Crippen molar-refractivity contribution in [1.29, 1.82) is 0 Å². The first-order chi connectivity index (χ1) is 17.9. The van der Waals surface area contributed by atoms with Crippen LogP contribution >= 0.6 is 0 Å². The second kappa shape index (κ2) is 10.2. The van der Waals surface area contributed by atoms with Crippen molar-refractivity contribution >= 4 is 17.7 Å². The molecule has 3 heterocycles. The number of rotatable bonds is 4. The third-order valence-corrected chi connectivity index (χ3v) is 11.0. The molecule has 5 aliphatic rings. The Balaban J connectivity index is 1.25. The minimum atomic E-state index is -0.787. The number of benzene rings is 1. The summed E-state index contributed by atoms with van der Waals surface area (Å²) in [6.45, 7) is 5.78. The highest BCUT2D eigenvalue weighted by atomic mass is 16.4. The molecule has 1 aromatic rings. The third-order valence-electron chi connectivity index (χ3n) is 11.0. The fourth-order valence-electron chi connectivity index (χ4n) is 8.91. The Morgan fingerprint density at radius 2 is 1.65 bits per heavy atom. The number of carboxylic acids is 1. The molecule has 37 heavy (non-hydrogen) atoms. The predicted molar refractivity (Wildman–Crippen MR) is 145 cm³/mol. The van der Waals surface area contributed by atoms with Crippen LogP contribution in [0.5, 0.6) is 0 Å². The average molecular weight is 508 g/mol. The number of hydrogen-bond donors (Lipinski definition) is 1. The Bertz CT molecular complexity index is 985. The minimum Gasteiger partial charge on any atom is -0.481 e. The summed E-state index contributed by atoms with van der Waals surface area (Å²) in [6.07, 6.45) is 12.1. The zero-order chi connectivity index (χ0) is 25.7. The smallest absolute Gasteiger partial charge is 0.324 e. The highest BCUT2D eigenvalue weighted by Gasteiger charge is 2.49. The van der Waals surface area contributed by atoms with Gasteiger partial charge in [-0.3, -0.25) is 14.6 Å². The molecular formula is C31H45N3O3. The Morgan fingerprint density at radius 1 is 0.865 bits per heavy atom. The van der Waals surface area contributed by atoms with E-state index in [0.717, 1.165) is 36.3 Å². The van der Waals surface area contributed by atoms with Gasteiger partial charge in [0.2, 0.25) is 0 Å². The van der Waals surface area contributed by atoms with Crippen molar-refractivity contribution in [2.75, 3.05) is 18.0 Å².